The molecule has 1 heterocycles. The molecule has 0 saturated carbocycles. The molecule has 0 fully saturated rings. The lowest BCUT2D eigenvalue weighted by atomic mass is 9.98. The fraction of sp³-hybridized carbons (Fsp3) is 0.421. The summed E-state index contributed by atoms with van der Waals surface area (Å²) >= 11 is 0. The number of amides is 1. The highest BCUT2D eigenvalue weighted by molar-refractivity contribution is 5.94. The summed E-state index contributed by atoms with van der Waals surface area (Å²) in [5, 5.41) is 6.10. The van der Waals surface area contributed by atoms with Gasteiger partial charge in [0.25, 0.3) is 5.91 Å². The van der Waals surface area contributed by atoms with Crippen LogP contribution in [-0.2, 0) is 0 Å². The minimum absolute atomic E-state index is 0.00943. The van der Waals surface area contributed by atoms with Gasteiger partial charge in [0.2, 0.25) is 0 Å². The van der Waals surface area contributed by atoms with Crippen molar-refractivity contribution in [2.24, 2.45) is 0 Å². The van der Waals surface area contributed by atoms with Crippen LogP contribution in [0.15, 0.2) is 36.4 Å². The van der Waals surface area contributed by atoms with Crippen molar-refractivity contribution >= 4 is 11.5 Å². The number of rotatable bonds is 6. The average Bonchev–Trinajstić information content (AvgIpc) is 2.55. The van der Waals surface area contributed by atoms with Gasteiger partial charge >= 0.3 is 0 Å². The Morgan fingerprint density at radius 3 is 2.87 bits per heavy atom. The highest BCUT2D eigenvalue weighted by atomic mass is 19.1. The molecule has 2 N–H and O–H groups in total. The Morgan fingerprint density at radius 1 is 1.48 bits per heavy atom. The van der Waals surface area contributed by atoms with Crippen LogP contribution in [0.25, 0.3) is 5.57 Å². The number of nitrogens with one attached hydrogen (secondary N) is 2. The summed E-state index contributed by atoms with van der Waals surface area (Å²) in [5.74, 6) is -0.581. The lowest BCUT2D eigenvalue weighted by Crippen LogP contribution is -2.32. The number of halogens is 1. The van der Waals surface area contributed by atoms with Crippen molar-refractivity contribution in [3.05, 3.63) is 53.4 Å². The maximum absolute atomic E-state index is 14.3. The van der Waals surface area contributed by atoms with Gasteiger partial charge in [-0.05, 0) is 50.4 Å². The van der Waals surface area contributed by atoms with Gasteiger partial charge in [-0.3, -0.25) is 4.79 Å². The van der Waals surface area contributed by atoms with E-state index in [2.05, 4.69) is 17.2 Å². The SMILES string of the molecule is C=C(CC)CC(C)NC(=O)c1ccc(C2=CCNCC2)c(F)c1. The highest BCUT2D eigenvalue weighted by Gasteiger charge is 2.15. The minimum atomic E-state index is -0.337. The quantitative estimate of drug-likeness (QED) is 0.786. The van der Waals surface area contributed by atoms with Crippen LogP contribution in [0.1, 0.15) is 49.0 Å². The topological polar surface area (TPSA) is 41.1 Å². The summed E-state index contributed by atoms with van der Waals surface area (Å²) in [4.78, 5) is 12.2. The van der Waals surface area contributed by atoms with Gasteiger partial charge in [-0.2, -0.15) is 0 Å². The van der Waals surface area contributed by atoms with Crippen LogP contribution in [0.5, 0.6) is 0 Å². The number of carbonyl (C=O) groups excluding carboxylic acids is 1. The van der Waals surface area contributed by atoms with Gasteiger partial charge in [0.05, 0.1) is 0 Å². The van der Waals surface area contributed by atoms with E-state index in [1.807, 2.05) is 19.9 Å². The first-order valence-corrected chi connectivity index (χ1v) is 8.18. The molecule has 1 atom stereocenters. The standard InChI is InChI=1S/C19H25FN2O/c1-4-13(2)11-14(3)22-19(23)16-5-6-17(18(20)12-16)15-7-9-21-10-8-15/h5-7,12,14,21H,2,4,8-11H2,1,3H3,(H,22,23). The van der Waals surface area contributed by atoms with Gasteiger partial charge < -0.3 is 10.6 Å². The molecule has 1 amide bonds. The first-order valence-electron chi connectivity index (χ1n) is 8.18. The largest absolute Gasteiger partial charge is 0.349 e. The maximum Gasteiger partial charge on any atom is 0.251 e. The van der Waals surface area contributed by atoms with Crippen LogP contribution in [0.4, 0.5) is 4.39 Å². The fourth-order valence-corrected chi connectivity index (χ4v) is 2.72. The molecule has 23 heavy (non-hydrogen) atoms. The van der Waals surface area contributed by atoms with Crippen molar-refractivity contribution in [1.29, 1.82) is 0 Å². The Bertz CT molecular complexity index is 622. The lowest BCUT2D eigenvalue weighted by molar-refractivity contribution is 0.0939. The van der Waals surface area contributed by atoms with Gasteiger partial charge in [-0.15, -0.1) is 0 Å². The van der Waals surface area contributed by atoms with Gasteiger partial charge in [-0.1, -0.05) is 31.2 Å². The molecule has 2 rings (SSSR count). The summed E-state index contributed by atoms with van der Waals surface area (Å²) in [5.41, 5.74) is 3.04. The van der Waals surface area contributed by atoms with E-state index in [1.165, 1.54) is 6.07 Å². The zero-order chi connectivity index (χ0) is 16.8. The Balaban J connectivity index is 2.06. The maximum atomic E-state index is 14.3. The van der Waals surface area contributed by atoms with Crippen LogP contribution >= 0.6 is 0 Å². The zero-order valence-electron chi connectivity index (χ0n) is 13.9. The Hall–Kier alpha value is -1.94. The number of carbonyl (C=O) groups is 1. The Kier molecular flexibility index (Phi) is 6.11. The second-order valence-electron chi connectivity index (χ2n) is 6.06. The molecule has 1 aliphatic heterocycles. The molecule has 0 spiro atoms. The molecule has 3 nitrogen and oxygen atoms in total. The Labute approximate surface area is 137 Å². The van der Waals surface area contributed by atoms with Crippen molar-refractivity contribution in [1.82, 2.24) is 10.6 Å². The third-order valence-corrected chi connectivity index (χ3v) is 4.11. The third-order valence-electron chi connectivity index (χ3n) is 4.11. The molecule has 124 valence electrons. The molecule has 4 heteroatoms. The van der Waals surface area contributed by atoms with E-state index in [-0.39, 0.29) is 17.8 Å². The van der Waals surface area contributed by atoms with Crippen LogP contribution < -0.4 is 10.6 Å². The third kappa shape index (κ3) is 4.76. The van der Waals surface area contributed by atoms with E-state index in [9.17, 15) is 9.18 Å². The normalized spacial score (nSPS) is 15.7. The molecule has 0 bridgehead atoms. The predicted molar refractivity (Wildman–Crippen MR) is 92.8 cm³/mol. The number of hydrogen-bond acceptors (Lipinski definition) is 2. The van der Waals surface area contributed by atoms with E-state index in [0.717, 1.165) is 43.5 Å². The molecule has 1 aliphatic rings. The van der Waals surface area contributed by atoms with Crippen molar-refractivity contribution < 1.29 is 9.18 Å². The van der Waals surface area contributed by atoms with Crippen molar-refractivity contribution in [3.8, 4) is 0 Å². The summed E-state index contributed by atoms with van der Waals surface area (Å²) in [6.07, 6.45) is 4.44. The van der Waals surface area contributed by atoms with E-state index in [1.54, 1.807) is 12.1 Å². The molecule has 0 aromatic heterocycles. The van der Waals surface area contributed by atoms with Crippen LogP contribution in [-0.4, -0.2) is 25.0 Å². The lowest BCUT2D eigenvalue weighted by Gasteiger charge is -2.17. The zero-order valence-corrected chi connectivity index (χ0v) is 13.9. The van der Waals surface area contributed by atoms with E-state index < -0.39 is 0 Å². The van der Waals surface area contributed by atoms with E-state index in [4.69, 9.17) is 0 Å². The van der Waals surface area contributed by atoms with Crippen LogP contribution in [0.3, 0.4) is 0 Å². The van der Waals surface area contributed by atoms with E-state index in [0.29, 0.717) is 11.1 Å². The Morgan fingerprint density at radius 2 is 2.26 bits per heavy atom. The van der Waals surface area contributed by atoms with Gasteiger partial charge in [-0.25, -0.2) is 4.39 Å². The molecular formula is C19H25FN2O. The molecule has 1 unspecified atom stereocenters. The fourth-order valence-electron chi connectivity index (χ4n) is 2.72. The summed E-state index contributed by atoms with van der Waals surface area (Å²) in [6, 6.07) is 4.72. The number of benzene rings is 1. The molecule has 1 aromatic rings. The summed E-state index contributed by atoms with van der Waals surface area (Å²) < 4.78 is 14.3. The first kappa shape index (κ1) is 17.4. The second kappa shape index (κ2) is 8.06. The molecule has 0 saturated heterocycles. The van der Waals surface area contributed by atoms with Crippen molar-refractivity contribution in [3.63, 3.8) is 0 Å². The van der Waals surface area contributed by atoms with Gasteiger partial charge in [0, 0.05) is 23.7 Å². The summed E-state index contributed by atoms with van der Waals surface area (Å²) in [6.45, 7) is 9.54. The minimum Gasteiger partial charge on any atom is -0.349 e. The van der Waals surface area contributed by atoms with Gasteiger partial charge in [0.1, 0.15) is 5.82 Å². The number of hydrogen-bond donors (Lipinski definition) is 2. The molecule has 1 aromatic carbocycles. The molecule has 0 aliphatic carbocycles. The van der Waals surface area contributed by atoms with Crippen molar-refractivity contribution in [2.45, 2.75) is 39.2 Å². The highest BCUT2D eigenvalue weighted by Crippen LogP contribution is 2.23. The molecule has 0 radical (unpaired) electrons. The smallest absolute Gasteiger partial charge is 0.251 e. The van der Waals surface area contributed by atoms with Crippen LogP contribution in [0.2, 0.25) is 0 Å². The monoisotopic (exact) mass is 316 g/mol. The second-order valence-corrected chi connectivity index (χ2v) is 6.06. The van der Waals surface area contributed by atoms with E-state index >= 15 is 0 Å². The van der Waals surface area contributed by atoms with Gasteiger partial charge in [0.15, 0.2) is 0 Å². The first-order chi connectivity index (χ1) is 11.0. The summed E-state index contributed by atoms with van der Waals surface area (Å²) in [7, 11) is 0. The molecular weight excluding hydrogens is 291 g/mol. The predicted octanol–water partition coefficient (Wildman–Crippen LogP) is 3.68. The van der Waals surface area contributed by atoms with Crippen molar-refractivity contribution in [2.75, 3.05) is 13.1 Å². The van der Waals surface area contributed by atoms with Crippen LogP contribution in [0, 0.1) is 5.82 Å². The average molecular weight is 316 g/mol.